The fourth-order valence-corrected chi connectivity index (χ4v) is 4.30. The first-order valence-electron chi connectivity index (χ1n) is 11.2. The Kier molecular flexibility index (Phi) is 6.23. The van der Waals surface area contributed by atoms with Crippen LogP contribution < -0.4 is 5.56 Å². The van der Waals surface area contributed by atoms with Gasteiger partial charge in [0.15, 0.2) is 5.82 Å². The van der Waals surface area contributed by atoms with E-state index in [0.717, 1.165) is 47.3 Å². The van der Waals surface area contributed by atoms with Crippen molar-refractivity contribution >= 4 is 10.9 Å². The minimum atomic E-state index is -0.0803. The van der Waals surface area contributed by atoms with Gasteiger partial charge in [-0.25, -0.2) is 4.68 Å². The van der Waals surface area contributed by atoms with Gasteiger partial charge in [0.2, 0.25) is 0 Å². The zero-order valence-electron chi connectivity index (χ0n) is 18.6. The summed E-state index contributed by atoms with van der Waals surface area (Å²) >= 11 is 0. The fourth-order valence-electron chi connectivity index (χ4n) is 4.30. The van der Waals surface area contributed by atoms with Gasteiger partial charge in [0.25, 0.3) is 5.56 Å². The van der Waals surface area contributed by atoms with Crippen LogP contribution in [-0.4, -0.2) is 47.8 Å². The Morgan fingerprint density at radius 2 is 2.15 bits per heavy atom. The number of hydrogen-bond donors (Lipinski definition) is 1. The van der Waals surface area contributed by atoms with Gasteiger partial charge in [-0.2, -0.15) is 0 Å². The number of fused-ring (bicyclic) bond motifs is 1. The Bertz CT molecular complexity index is 1280. The molecule has 0 saturated carbocycles. The van der Waals surface area contributed by atoms with Gasteiger partial charge in [0, 0.05) is 43.2 Å². The van der Waals surface area contributed by atoms with E-state index < -0.39 is 0 Å². The minimum absolute atomic E-state index is 0.0803. The van der Waals surface area contributed by atoms with Crippen molar-refractivity contribution in [3.05, 3.63) is 81.7 Å². The lowest BCUT2D eigenvalue weighted by Gasteiger charge is -2.22. The van der Waals surface area contributed by atoms with Crippen molar-refractivity contribution in [3.8, 4) is 0 Å². The van der Waals surface area contributed by atoms with E-state index in [1.165, 1.54) is 0 Å². The zero-order chi connectivity index (χ0) is 22.6. The van der Waals surface area contributed by atoms with Crippen LogP contribution in [0.4, 0.5) is 0 Å². The first kappa shape index (κ1) is 21.4. The summed E-state index contributed by atoms with van der Waals surface area (Å²) in [5.74, 6) is 0.752. The van der Waals surface area contributed by atoms with Crippen LogP contribution in [0.5, 0.6) is 0 Å². The predicted molar refractivity (Wildman–Crippen MR) is 123 cm³/mol. The first-order valence-corrected chi connectivity index (χ1v) is 11.2. The van der Waals surface area contributed by atoms with E-state index in [2.05, 4.69) is 36.5 Å². The second-order valence-corrected chi connectivity index (χ2v) is 8.63. The molecule has 1 aliphatic heterocycles. The van der Waals surface area contributed by atoms with E-state index in [9.17, 15) is 4.79 Å². The van der Waals surface area contributed by atoms with Crippen molar-refractivity contribution in [2.24, 2.45) is 0 Å². The highest BCUT2D eigenvalue weighted by molar-refractivity contribution is 5.79. The van der Waals surface area contributed by atoms with Crippen LogP contribution in [0.25, 0.3) is 10.9 Å². The molecule has 1 atom stereocenters. The topological polar surface area (TPSA) is 102 Å². The Labute approximate surface area is 191 Å². The number of benzene rings is 1. The smallest absolute Gasteiger partial charge is 0.252 e. The predicted octanol–water partition coefficient (Wildman–Crippen LogP) is 2.60. The molecule has 0 radical (unpaired) electrons. The second-order valence-electron chi connectivity index (χ2n) is 8.63. The maximum Gasteiger partial charge on any atom is 0.252 e. The Morgan fingerprint density at radius 1 is 1.21 bits per heavy atom. The summed E-state index contributed by atoms with van der Waals surface area (Å²) in [4.78, 5) is 22.3. The zero-order valence-corrected chi connectivity index (χ0v) is 18.6. The molecule has 4 aromatic rings. The van der Waals surface area contributed by atoms with Gasteiger partial charge in [0.1, 0.15) is 0 Å². The van der Waals surface area contributed by atoms with Gasteiger partial charge in [-0.1, -0.05) is 18.2 Å². The van der Waals surface area contributed by atoms with E-state index in [4.69, 9.17) is 4.74 Å². The summed E-state index contributed by atoms with van der Waals surface area (Å²) in [5.41, 5.74) is 3.64. The summed E-state index contributed by atoms with van der Waals surface area (Å²) in [6.07, 6.45) is 5.83. The highest BCUT2D eigenvalue weighted by atomic mass is 16.5. The van der Waals surface area contributed by atoms with Gasteiger partial charge in [-0.15, -0.1) is 5.10 Å². The van der Waals surface area contributed by atoms with Gasteiger partial charge in [-0.05, 0) is 64.9 Å². The van der Waals surface area contributed by atoms with Crippen LogP contribution in [0.2, 0.25) is 0 Å². The molecule has 5 rings (SSSR count). The molecule has 1 unspecified atom stereocenters. The van der Waals surface area contributed by atoms with Crippen molar-refractivity contribution in [1.29, 1.82) is 0 Å². The minimum Gasteiger partial charge on any atom is -0.376 e. The molecule has 0 amide bonds. The summed E-state index contributed by atoms with van der Waals surface area (Å²) < 4.78 is 7.58. The second kappa shape index (κ2) is 9.60. The van der Waals surface area contributed by atoms with Crippen molar-refractivity contribution in [1.82, 2.24) is 35.1 Å². The number of pyridine rings is 2. The normalized spacial score (nSPS) is 16.1. The third-order valence-electron chi connectivity index (χ3n) is 5.97. The van der Waals surface area contributed by atoms with Gasteiger partial charge < -0.3 is 9.72 Å². The van der Waals surface area contributed by atoms with Crippen LogP contribution in [0.15, 0.2) is 53.6 Å². The Balaban J connectivity index is 1.41. The number of aryl methyl sites for hydroxylation is 1. The van der Waals surface area contributed by atoms with E-state index in [0.29, 0.717) is 31.7 Å². The van der Waals surface area contributed by atoms with Crippen LogP contribution in [0, 0.1) is 6.92 Å². The van der Waals surface area contributed by atoms with Gasteiger partial charge in [0.05, 0.1) is 19.2 Å². The maximum absolute atomic E-state index is 12.9. The largest absolute Gasteiger partial charge is 0.376 e. The first-order chi connectivity index (χ1) is 16.1. The summed E-state index contributed by atoms with van der Waals surface area (Å²) in [7, 11) is 0. The van der Waals surface area contributed by atoms with Crippen LogP contribution in [-0.2, 0) is 30.9 Å². The Hall–Kier alpha value is -3.43. The summed E-state index contributed by atoms with van der Waals surface area (Å²) in [6, 6.07) is 12.0. The molecule has 9 heteroatoms. The molecular weight excluding hydrogens is 418 g/mol. The number of aromatic nitrogens is 6. The maximum atomic E-state index is 12.9. The molecule has 9 nitrogen and oxygen atoms in total. The number of H-pyrrole nitrogens is 1. The van der Waals surface area contributed by atoms with Gasteiger partial charge >= 0.3 is 0 Å². The lowest BCUT2D eigenvalue weighted by molar-refractivity contribution is 0.0914. The molecule has 1 fully saturated rings. The molecule has 1 aliphatic rings. The molecule has 3 aromatic heterocycles. The van der Waals surface area contributed by atoms with Crippen molar-refractivity contribution < 1.29 is 4.74 Å². The van der Waals surface area contributed by atoms with E-state index in [-0.39, 0.29) is 11.7 Å². The van der Waals surface area contributed by atoms with Crippen LogP contribution in [0.3, 0.4) is 0 Å². The third-order valence-corrected chi connectivity index (χ3v) is 5.97. The molecule has 1 saturated heterocycles. The highest BCUT2D eigenvalue weighted by Crippen LogP contribution is 2.17. The van der Waals surface area contributed by atoms with Crippen molar-refractivity contribution in [3.63, 3.8) is 0 Å². The van der Waals surface area contributed by atoms with Crippen LogP contribution >= 0.6 is 0 Å². The fraction of sp³-hybridized carbons (Fsp3) is 0.375. The molecule has 0 spiro atoms. The number of hydrogen-bond acceptors (Lipinski definition) is 7. The molecule has 170 valence electrons. The number of aromatic amines is 1. The van der Waals surface area contributed by atoms with E-state index in [1.807, 2.05) is 48.1 Å². The standard InChI is InChI=1S/C24H27N7O2/c1-17-6-7-19-11-20(24(32)26-22(19)10-17)14-30(13-18-4-2-8-25-12-18)16-23-27-28-29-31(23)15-21-5-3-9-33-21/h2,4,6-8,10-12,21H,3,5,9,13-16H2,1H3,(H,26,32). The number of nitrogens with zero attached hydrogens (tertiary/aromatic N) is 6. The van der Waals surface area contributed by atoms with Crippen molar-refractivity contribution in [2.45, 2.75) is 52.0 Å². The molecule has 1 aromatic carbocycles. The third kappa shape index (κ3) is 5.15. The summed E-state index contributed by atoms with van der Waals surface area (Å²) in [6.45, 7) is 5.02. The number of ether oxygens (including phenoxy) is 1. The van der Waals surface area contributed by atoms with Crippen LogP contribution in [0.1, 0.15) is 35.4 Å². The highest BCUT2D eigenvalue weighted by Gasteiger charge is 2.20. The summed E-state index contributed by atoms with van der Waals surface area (Å²) in [5, 5.41) is 13.4. The average Bonchev–Trinajstić information content (AvgIpc) is 3.48. The number of nitrogens with one attached hydrogen (secondary N) is 1. The molecule has 33 heavy (non-hydrogen) atoms. The van der Waals surface area contributed by atoms with Crippen molar-refractivity contribution in [2.75, 3.05) is 6.61 Å². The number of rotatable bonds is 8. The monoisotopic (exact) mass is 445 g/mol. The lowest BCUT2D eigenvalue weighted by atomic mass is 10.1. The number of tetrazole rings is 1. The van der Waals surface area contributed by atoms with E-state index >= 15 is 0 Å². The average molecular weight is 446 g/mol. The van der Waals surface area contributed by atoms with Gasteiger partial charge in [-0.3, -0.25) is 14.7 Å². The lowest BCUT2D eigenvalue weighted by Crippen LogP contribution is -2.29. The molecular formula is C24H27N7O2. The van der Waals surface area contributed by atoms with E-state index in [1.54, 1.807) is 6.20 Å². The molecule has 4 heterocycles. The molecule has 0 aliphatic carbocycles. The quantitative estimate of drug-likeness (QED) is 0.445. The molecule has 1 N–H and O–H groups in total. The molecule has 0 bridgehead atoms. The SMILES string of the molecule is Cc1ccc2cc(CN(Cc3cccnc3)Cc3nnnn3CC3CCCO3)c(=O)[nH]c2c1. The Morgan fingerprint density at radius 3 is 2.97 bits per heavy atom.